The minimum atomic E-state index is -0.435. The van der Waals surface area contributed by atoms with E-state index in [2.05, 4.69) is 24.1 Å². The topological polar surface area (TPSA) is 68.0 Å². The molecule has 0 aliphatic heterocycles. The molecule has 1 heterocycles. The molecule has 3 rings (SSSR count). The fourth-order valence-corrected chi connectivity index (χ4v) is 3.72. The molecule has 0 aliphatic carbocycles. The number of carbonyl (C=O) groups excluding carboxylic acids is 1. The van der Waals surface area contributed by atoms with Crippen molar-refractivity contribution < 1.29 is 4.79 Å². The van der Waals surface area contributed by atoms with Gasteiger partial charge in [0.25, 0.3) is 0 Å². The van der Waals surface area contributed by atoms with E-state index in [1.54, 1.807) is 29.5 Å². The SMILES string of the molecule is CC(C)(NCc1csc(-c2ccc(C(N)=O)cc2)n1)c1ccc(Cl)c(Cl)c1. The molecule has 140 valence electrons. The summed E-state index contributed by atoms with van der Waals surface area (Å²) in [6.45, 7) is 4.79. The van der Waals surface area contributed by atoms with Crippen LogP contribution in [0.25, 0.3) is 10.6 Å². The number of aromatic nitrogens is 1. The molecule has 0 fully saturated rings. The fraction of sp³-hybridized carbons (Fsp3) is 0.200. The summed E-state index contributed by atoms with van der Waals surface area (Å²) in [5.74, 6) is -0.435. The van der Waals surface area contributed by atoms with E-state index in [0.717, 1.165) is 21.8 Å². The number of hydrogen-bond donors (Lipinski definition) is 2. The second-order valence-electron chi connectivity index (χ2n) is 6.69. The van der Waals surface area contributed by atoms with E-state index in [-0.39, 0.29) is 5.54 Å². The summed E-state index contributed by atoms with van der Waals surface area (Å²) in [6, 6.07) is 12.8. The lowest BCUT2D eigenvalue weighted by molar-refractivity contribution is 0.100. The molecule has 4 nitrogen and oxygen atoms in total. The molecule has 0 saturated heterocycles. The third-order valence-electron chi connectivity index (χ3n) is 4.32. The first-order chi connectivity index (χ1) is 12.8. The van der Waals surface area contributed by atoms with Crippen LogP contribution < -0.4 is 11.1 Å². The van der Waals surface area contributed by atoms with Crippen LogP contribution in [0.2, 0.25) is 10.0 Å². The number of benzene rings is 2. The molecule has 0 radical (unpaired) electrons. The number of thiazole rings is 1. The van der Waals surface area contributed by atoms with Gasteiger partial charge in [0.15, 0.2) is 0 Å². The number of hydrogen-bond acceptors (Lipinski definition) is 4. The Kier molecular flexibility index (Phi) is 5.86. The van der Waals surface area contributed by atoms with Gasteiger partial charge >= 0.3 is 0 Å². The third kappa shape index (κ3) is 4.68. The van der Waals surface area contributed by atoms with Gasteiger partial charge in [0.2, 0.25) is 5.91 Å². The second-order valence-corrected chi connectivity index (χ2v) is 8.37. The summed E-state index contributed by atoms with van der Waals surface area (Å²) in [5.41, 5.74) is 8.43. The summed E-state index contributed by atoms with van der Waals surface area (Å²) in [7, 11) is 0. The number of carbonyl (C=O) groups is 1. The molecule has 7 heteroatoms. The molecular weight excluding hydrogens is 401 g/mol. The van der Waals surface area contributed by atoms with Crippen LogP contribution in [0.5, 0.6) is 0 Å². The van der Waals surface area contributed by atoms with Crippen molar-refractivity contribution in [1.29, 1.82) is 0 Å². The standard InChI is InChI=1S/C20H19Cl2N3OS/c1-20(2,14-7-8-16(21)17(22)9-14)24-10-15-11-27-19(25-15)13-5-3-12(4-6-13)18(23)26/h3-9,11,24H,10H2,1-2H3,(H2,23,26). The van der Waals surface area contributed by atoms with E-state index in [9.17, 15) is 4.79 Å². The second kappa shape index (κ2) is 7.98. The molecule has 1 amide bonds. The van der Waals surface area contributed by atoms with Gasteiger partial charge in [0.1, 0.15) is 5.01 Å². The van der Waals surface area contributed by atoms with Gasteiger partial charge in [0, 0.05) is 28.6 Å². The van der Waals surface area contributed by atoms with Crippen molar-refractivity contribution in [2.75, 3.05) is 0 Å². The minimum Gasteiger partial charge on any atom is -0.366 e. The molecule has 3 aromatic rings. The first-order valence-electron chi connectivity index (χ1n) is 8.31. The fourth-order valence-electron chi connectivity index (χ4n) is 2.60. The third-order valence-corrected chi connectivity index (χ3v) is 6.00. The number of nitrogens with one attached hydrogen (secondary N) is 1. The smallest absolute Gasteiger partial charge is 0.248 e. The zero-order valence-electron chi connectivity index (χ0n) is 14.9. The Hall–Kier alpha value is -1.92. The number of halogens is 2. The van der Waals surface area contributed by atoms with Gasteiger partial charge in [-0.25, -0.2) is 4.98 Å². The number of primary amides is 1. The van der Waals surface area contributed by atoms with Gasteiger partial charge < -0.3 is 11.1 Å². The first kappa shape index (κ1) is 19.8. The van der Waals surface area contributed by atoms with Crippen molar-refractivity contribution in [3.05, 3.63) is 74.7 Å². The van der Waals surface area contributed by atoms with Gasteiger partial charge in [-0.05, 0) is 43.7 Å². The molecular formula is C20H19Cl2N3OS. The summed E-state index contributed by atoms with van der Waals surface area (Å²) < 4.78 is 0. The van der Waals surface area contributed by atoms with Crippen molar-refractivity contribution in [2.24, 2.45) is 5.73 Å². The van der Waals surface area contributed by atoms with E-state index in [1.807, 2.05) is 29.6 Å². The van der Waals surface area contributed by atoms with E-state index in [0.29, 0.717) is 22.2 Å². The zero-order valence-corrected chi connectivity index (χ0v) is 17.3. The van der Waals surface area contributed by atoms with Crippen LogP contribution in [-0.2, 0) is 12.1 Å². The number of nitrogens with two attached hydrogens (primary N) is 1. The van der Waals surface area contributed by atoms with Crippen molar-refractivity contribution >= 4 is 40.4 Å². The van der Waals surface area contributed by atoms with Crippen molar-refractivity contribution in [3.63, 3.8) is 0 Å². The maximum Gasteiger partial charge on any atom is 0.248 e. The summed E-state index contributed by atoms with van der Waals surface area (Å²) in [4.78, 5) is 15.9. The summed E-state index contributed by atoms with van der Waals surface area (Å²) in [5, 5.41) is 7.52. The Bertz CT molecular complexity index is 968. The predicted octanol–water partition coefficient (Wildman–Crippen LogP) is 5.24. The van der Waals surface area contributed by atoms with E-state index in [4.69, 9.17) is 28.9 Å². The predicted molar refractivity (Wildman–Crippen MR) is 112 cm³/mol. The molecule has 0 atom stereocenters. The van der Waals surface area contributed by atoms with E-state index in [1.165, 1.54) is 0 Å². The number of amides is 1. The molecule has 27 heavy (non-hydrogen) atoms. The van der Waals surface area contributed by atoms with Crippen LogP contribution in [0, 0.1) is 0 Å². The Morgan fingerprint density at radius 3 is 2.48 bits per heavy atom. The summed E-state index contributed by atoms with van der Waals surface area (Å²) >= 11 is 13.7. The largest absolute Gasteiger partial charge is 0.366 e. The molecule has 2 aromatic carbocycles. The van der Waals surface area contributed by atoms with Crippen LogP contribution in [0.15, 0.2) is 47.8 Å². The van der Waals surface area contributed by atoms with E-state index < -0.39 is 5.91 Å². The quantitative estimate of drug-likeness (QED) is 0.573. The molecule has 0 saturated carbocycles. The number of nitrogens with zero attached hydrogens (tertiary/aromatic N) is 1. The highest BCUT2D eigenvalue weighted by Crippen LogP contribution is 2.29. The number of rotatable bonds is 6. The highest BCUT2D eigenvalue weighted by atomic mass is 35.5. The average molecular weight is 420 g/mol. The van der Waals surface area contributed by atoms with Crippen LogP contribution >= 0.6 is 34.5 Å². The van der Waals surface area contributed by atoms with Gasteiger partial charge in [-0.3, -0.25) is 4.79 Å². The first-order valence-corrected chi connectivity index (χ1v) is 9.95. The molecule has 0 unspecified atom stereocenters. The maximum absolute atomic E-state index is 11.2. The lowest BCUT2D eigenvalue weighted by atomic mass is 9.94. The Balaban J connectivity index is 1.70. The molecule has 0 bridgehead atoms. The van der Waals surface area contributed by atoms with Crippen molar-refractivity contribution in [1.82, 2.24) is 10.3 Å². The molecule has 1 aromatic heterocycles. The van der Waals surface area contributed by atoms with Crippen LogP contribution in [-0.4, -0.2) is 10.9 Å². The minimum absolute atomic E-state index is 0.291. The Morgan fingerprint density at radius 1 is 1.15 bits per heavy atom. The highest BCUT2D eigenvalue weighted by Gasteiger charge is 2.21. The Labute approximate surface area is 172 Å². The normalized spacial score (nSPS) is 11.6. The monoisotopic (exact) mass is 419 g/mol. The van der Waals surface area contributed by atoms with Gasteiger partial charge in [-0.1, -0.05) is 41.4 Å². The van der Waals surface area contributed by atoms with E-state index >= 15 is 0 Å². The van der Waals surface area contributed by atoms with Crippen LogP contribution in [0.3, 0.4) is 0 Å². The summed E-state index contributed by atoms with van der Waals surface area (Å²) in [6.07, 6.45) is 0. The zero-order chi connectivity index (χ0) is 19.6. The van der Waals surface area contributed by atoms with Crippen molar-refractivity contribution in [2.45, 2.75) is 25.9 Å². The van der Waals surface area contributed by atoms with Crippen LogP contribution in [0.4, 0.5) is 0 Å². The highest BCUT2D eigenvalue weighted by molar-refractivity contribution is 7.13. The average Bonchev–Trinajstić information content (AvgIpc) is 3.11. The van der Waals surface area contributed by atoms with Crippen molar-refractivity contribution in [3.8, 4) is 10.6 Å². The van der Waals surface area contributed by atoms with Crippen LogP contribution in [0.1, 0.15) is 35.5 Å². The van der Waals surface area contributed by atoms with Gasteiger partial charge in [-0.15, -0.1) is 11.3 Å². The molecule has 3 N–H and O–H groups in total. The molecule has 0 aliphatic rings. The maximum atomic E-state index is 11.2. The van der Waals surface area contributed by atoms with Gasteiger partial charge in [0.05, 0.1) is 15.7 Å². The Morgan fingerprint density at radius 2 is 1.85 bits per heavy atom. The molecule has 0 spiro atoms. The lowest BCUT2D eigenvalue weighted by Gasteiger charge is -2.27. The van der Waals surface area contributed by atoms with Gasteiger partial charge in [-0.2, -0.15) is 0 Å². The lowest BCUT2D eigenvalue weighted by Crippen LogP contribution is -2.36.